The smallest absolute Gasteiger partial charge is 0.279 e. The highest BCUT2D eigenvalue weighted by atomic mass is 32.2. The van der Waals surface area contributed by atoms with E-state index in [4.69, 9.17) is 0 Å². The highest BCUT2D eigenvalue weighted by Crippen LogP contribution is 2.20. The lowest BCUT2D eigenvalue weighted by Gasteiger charge is -2.13. The molecule has 7 nitrogen and oxygen atoms in total. The van der Waals surface area contributed by atoms with Crippen molar-refractivity contribution < 1.29 is 8.42 Å². The second kappa shape index (κ2) is 9.09. The second-order valence-corrected chi connectivity index (χ2v) is 8.60. The fourth-order valence-electron chi connectivity index (χ4n) is 2.77. The van der Waals surface area contributed by atoms with Gasteiger partial charge < -0.3 is 5.32 Å². The first-order valence-electron chi connectivity index (χ1n) is 9.16. The summed E-state index contributed by atoms with van der Waals surface area (Å²) in [7, 11) is -0.580. The highest BCUT2D eigenvalue weighted by Gasteiger charge is 2.14. The number of para-hydroxylation sites is 1. The molecule has 2 aromatic carbocycles. The van der Waals surface area contributed by atoms with E-state index in [9.17, 15) is 8.42 Å². The van der Waals surface area contributed by atoms with Crippen molar-refractivity contribution in [1.82, 2.24) is 19.0 Å². The molecular weight excluding hydrogens is 374 g/mol. The first-order chi connectivity index (χ1) is 13.5. The average molecular weight is 400 g/mol. The molecule has 0 aliphatic rings. The molecule has 0 unspecified atom stereocenters. The Morgan fingerprint density at radius 3 is 2.43 bits per heavy atom. The Balaban J connectivity index is 1.71. The van der Waals surface area contributed by atoms with Crippen LogP contribution in [0.25, 0.3) is 10.9 Å². The van der Waals surface area contributed by atoms with Crippen LogP contribution in [0, 0.1) is 0 Å². The molecule has 3 rings (SSSR count). The van der Waals surface area contributed by atoms with E-state index in [2.05, 4.69) is 32.1 Å². The molecule has 1 aromatic heterocycles. The molecule has 0 spiro atoms. The number of nitrogens with zero attached hydrogens (tertiary/aromatic N) is 3. The molecule has 1 heterocycles. The van der Waals surface area contributed by atoms with Gasteiger partial charge >= 0.3 is 0 Å². The van der Waals surface area contributed by atoms with E-state index in [1.807, 2.05) is 42.5 Å². The van der Waals surface area contributed by atoms with Gasteiger partial charge in [0.25, 0.3) is 10.2 Å². The summed E-state index contributed by atoms with van der Waals surface area (Å²) in [5.41, 5.74) is 2.08. The Morgan fingerprint density at radius 2 is 1.68 bits per heavy atom. The van der Waals surface area contributed by atoms with Crippen LogP contribution in [0.5, 0.6) is 0 Å². The van der Waals surface area contributed by atoms with Gasteiger partial charge in [-0.3, -0.25) is 0 Å². The van der Waals surface area contributed by atoms with Crippen LogP contribution in [0.3, 0.4) is 0 Å². The van der Waals surface area contributed by atoms with Gasteiger partial charge in [-0.1, -0.05) is 42.5 Å². The zero-order valence-electron chi connectivity index (χ0n) is 16.1. The summed E-state index contributed by atoms with van der Waals surface area (Å²) in [6.45, 7) is 0.794. The van der Waals surface area contributed by atoms with Gasteiger partial charge in [0.15, 0.2) is 0 Å². The second-order valence-electron chi connectivity index (χ2n) is 6.63. The van der Waals surface area contributed by atoms with E-state index < -0.39 is 10.2 Å². The van der Waals surface area contributed by atoms with Crippen molar-refractivity contribution in [2.75, 3.05) is 26.0 Å². The zero-order valence-corrected chi connectivity index (χ0v) is 16.9. The SMILES string of the molecule is CN(C)S(=O)(=O)NCc1nc(NCCCc2ccccc2)c2ccccc2n1. The summed E-state index contributed by atoms with van der Waals surface area (Å²) < 4.78 is 27.5. The van der Waals surface area contributed by atoms with Gasteiger partial charge in [-0.05, 0) is 30.5 Å². The van der Waals surface area contributed by atoms with Gasteiger partial charge in [-0.15, -0.1) is 0 Å². The van der Waals surface area contributed by atoms with Gasteiger partial charge in [0.05, 0.1) is 12.1 Å². The van der Waals surface area contributed by atoms with Crippen LogP contribution in [-0.2, 0) is 23.2 Å². The molecule has 0 atom stereocenters. The quantitative estimate of drug-likeness (QED) is 0.540. The summed E-state index contributed by atoms with van der Waals surface area (Å²) >= 11 is 0. The van der Waals surface area contributed by atoms with Crippen molar-refractivity contribution >= 4 is 26.9 Å². The average Bonchev–Trinajstić information content (AvgIpc) is 2.70. The van der Waals surface area contributed by atoms with Crippen LogP contribution in [0.1, 0.15) is 17.8 Å². The van der Waals surface area contributed by atoms with Crippen LogP contribution in [0.2, 0.25) is 0 Å². The maximum absolute atomic E-state index is 11.9. The molecule has 0 amide bonds. The normalized spacial score (nSPS) is 11.8. The fourth-order valence-corrected chi connectivity index (χ4v) is 3.34. The predicted octanol–water partition coefficient (Wildman–Crippen LogP) is 2.57. The molecule has 0 saturated carbocycles. The first-order valence-corrected chi connectivity index (χ1v) is 10.6. The lowest BCUT2D eigenvalue weighted by Crippen LogP contribution is -2.35. The third-order valence-corrected chi connectivity index (χ3v) is 5.79. The topological polar surface area (TPSA) is 87.2 Å². The molecule has 148 valence electrons. The van der Waals surface area contributed by atoms with Crippen molar-refractivity contribution in [3.63, 3.8) is 0 Å². The van der Waals surface area contributed by atoms with E-state index in [-0.39, 0.29) is 6.54 Å². The van der Waals surface area contributed by atoms with Crippen LogP contribution in [0.15, 0.2) is 54.6 Å². The number of hydrogen-bond donors (Lipinski definition) is 2. The van der Waals surface area contributed by atoms with Crippen molar-refractivity contribution in [2.24, 2.45) is 0 Å². The Morgan fingerprint density at radius 1 is 0.964 bits per heavy atom. The van der Waals surface area contributed by atoms with Crippen molar-refractivity contribution in [2.45, 2.75) is 19.4 Å². The summed E-state index contributed by atoms with van der Waals surface area (Å²) in [6.07, 6.45) is 1.94. The van der Waals surface area contributed by atoms with Gasteiger partial charge in [-0.2, -0.15) is 17.4 Å². The summed E-state index contributed by atoms with van der Waals surface area (Å²) in [6, 6.07) is 18.0. The molecule has 2 N–H and O–H groups in total. The number of nitrogens with one attached hydrogen (secondary N) is 2. The zero-order chi connectivity index (χ0) is 20.0. The first kappa shape index (κ1) is 20.2. The molecule has 0 saturated heterocycles. The minimum Gasteiger partial charge on any atom is -0.369 e. The number of benzene rings is 2. The highest BCUT2D eigenvalue weighted by molar-refractivity contribution is 7.87. The van der Waals surface area contributed by atoms with Crippen LogP contribution in [0.4, 0.5) is 5.82 Å². The predicted molar refractivity (Wildman–Crippen MR) is 112 cm³/mol. The van der Waals surface area contributed by atoms with E-state index in [1.165, 1.54) is 19.7 Å². The summed E-state index contributed by atoms with van der Waals surface area (Å²) in [5, 5.41) is 4.30. The Labute approximate surface area is 166 Å². The standard InChI is InChI=1S/C20H25N5O2S/c1-25(2)28(26,27)22-15-19-23-18-13-7-6-12-17(18)20(24-19)21-14-8-11-16-9-4-3-5-10-16/h3-7,9-10,12-13,22H,8,11,14-15H2,1-2H3,(H,21,23,24). The largest absolute Gasteiger partial charge is 0.369 e. The monoisotopic (exact) mass is 399 g/mol. The van der Waals surface area contributed by atoms with Crippen molar-refractivity contribution in [1.29, 1.82) is 0 Å². The Hall–Kier alpha value is -2.55. The number of aryl methyl sites for hydroxylation is 1. The van der Waals surface area contributed by atoms with Crippen LogP contribution < -0.4 is 10.0 Å². The maximum atomic E-state index is 11.9. The number of aromatic nitrogens is 2. The third kappa shape index (κ3) is 5.25. The number of hydrogen-bond acceptors (Lipinski definition) is 5. The molecule has 0 aliphatic heterocycles. The lowest BCUT2D eigenvalue weighted by molar-refractivity contribution is 0.504. The molecule has 0 fully saturated rings. The van der Waals surface area contributed by atoms with Crippen molar-refractivity contribution in [3.8, 4) is 0 Å². The molecule has 0 aliphatic carbocycles. The Kier molecular flexibility index (Phi) is 6.56. The molecule has 0 bridgehead atoms. The fraction of sp³-hybridized carbons (Fsp3) is 0.300. The maximum Gasteiger partial charge on any atom is 0.279 e. The minimum absolute atomic E-state index is 0.0318. The molecule has 3 aromatic rings. The number of fused-ring (bicyclic) bond motifs is 1. The molecule has 0 radical (unpaired) electrons. The van der Waals surface area contributed by atoms with Crippen molar-refractivity contribution in [3.05, 3.63) is 66.0 Å². The van der Waals surface area contributed by atoms with Gasteiger partial charge in [0.2, 0.25) is 0 Å². The summed E-state index contributed by atoms with van der Waals surface area (Å²) in [4.78, 5) is 9.02. The molecular formula is C20H25N5O2S. The van der Waals surface area contributed by atoms with E-state index in [1.54, 1.807) is 0 Å². The number of anilines is 1. The third-order valence-electron chi connectivity index (χ3n) is 4.32. The van der Waals surface area contributed by atoms with Gasteiger partial charge in [0.1, 0.15) is 11.6 Å². The Bertz CT molecular complexity index is 1020. The minimum atomic E-state index is -3.53. The van der Waals surface area contributed by atoms with Crippen LogP contribution in [-0.4, -0.2) is 43.3 Å². The van der Waals surface area contributed by atoms with E-state index in [0.717, 1.165) is 40.4 Å². The van der Waals surface area contributed by atoms with Crippen LogP contribution >= 0.6 is 0 Å². The summed E-state index contributed by atoms with van der Waals surface area (Å²) in [5.74, 6) is 1.15. The van der Waals surface area contributed by atoms with E-state index in [0.29, 0.717) is 5.82 Å². The number of rotatable bonds is 9. The lowest BCUT2D eigenvalue weighted by atomic mass is 10.1. The molecule has 28 heavy (non-hydrogen) atoms. The molecule has 8 heteroatoms. The van der Waals surface area contributed by atoms with E-state index >= 15 is 0 Å². The van der Waals surface area contributed by atoms with Gasteiger partial charge in [0, 0.05) is 26.0 Å². The van der Waals surface area contributed by atoms with Gasteiger partial charge in [-0.25, -0.2) is 9.97 Å².